The van der Waals surface area contributed by atoms with Gasteiger partial charge < -0.3 is 10.6 Å². The van der Waals surface area contributed by atoms with Gasteiger partial charge in [-0.1, -0.05) is 0 Å². The fourth-order valence-electron chi connectivity index (χ4n) is 3.65. The Hall–Kier alpha value is -3.66. The summed E-state index contributed by atoms with van der Waals surface area (Å²) >= 11 is 1.45. The van der Waals surface area contributed by atoms with E-state index in [9.17, 15) is 13.6 Å². The smallest absolute Gasteiger partial charge is 0.244 e. The molecular formula is C22H18F2N6OS. The van der Waals surface area contributed by atoms with Crippen LogP contribution in [-0.4, -0.2) is 37.1 Å². The zero-order chi connectivity index (χ0) is 22.2. The zero-order valence-electron chi connectivity index (χ0n) is 16.8. The molecule has 0 saturated carbocycles. The molecule has 0 radical (unpaired) electrons. The maximum atomic E-state index is 13.4. The molecule has 4 aromatic rings. The van der Waals surface area contributed by atoms with Crippen LogP contribution in [0.2, 0.25) is 0 Å². The lowest BCUT2D eigenvalue weighted by Gasteiger charge is -2.26. The molecule has 1 aliphatic heterocycles. The van der Waals surface area contributed by atoms with E-state index in [-0.39, 0.29) is 24.1 Å². The second-order valence-electron chi connectivity index (χ2n) is 7.42. The van der Waals surface area contributed by atoms with E-state index >= 15 is 0 Å². The first-order chi connectivity index (χ1) is 15.5. The summed E-state index contributed by atoms with van der Waals surface area (Å²) < 4.78 is 28.3. The van der Waals surface area contributed by atoms with Gasteiger partial charge in [0.1, 0.15) is 18.2 Å². The number of hydrogen-bond acceptors (Lipinski definition) is 6. The number of benzene rings is 2. The maximum Gasteiger partial charge on any atom is 0.244 e. The molecule has 0 unspecified atom stereocenters. The molecule has 0 bridgehead atoms. The lowest BCUT2D eigenvalue weighted by molar-refractivity contribution is -0.133. The van der Waals surface area contributed by atoms with Crippen molar-refractivity contribution in [3.8, 4) is 22.8 Å². The number of amides is 1. The first-order valence-electron chi connectivity index (χ1n) is 9.95. The summed E-state index contributed by atoms with van der Waals surface area (Å²) in [5.74, 6) is -0.102. The van der Waals surface area contributed by atoms with E-state index < -0.39 is 0 Å². The molecule has 0 fully saturated rings. The predicted molar refractivity (Wildman–Crippen MR) is 116 cm³/mol. The molecule has 2 aromatic carbocycles. The van der Waals surface area contributed by atoms with Crippen LogP contribution in [0, 0.1) is 11.6 Å². The minimum absolute atomic E-state index is 0.0458. The molecule has 0 saturated heterocycles. The van der Waals surface area contributed by atoms with Crippen LogP contribution in [0.1, 0.15) is 10.6 Å². The maximum absolute atomic E-state index is 13.4. The number of aromatic nitrogens is 4. The quantitative estimate of drug-likeness (QED) is 0.512. The highest BCUT2D eigenvalue weighted by molar-refractivity contribution is 7.15. The van der Waals surface area contributed by atoms with Crippen LogP contribution in [-0.2, 0) is 24.3 Å². The van der Waals surface area contributed by atoms with E-state index in [1.54, 1.807) is 29.2 Å². The Labute approximate surface area is 186 Å². The van der Waals surface area contributed by atoms with Crippen molar-refractivity contribution in [2.45, 2.75) is 19.5 Å². The molecule has 0 aliphatic carbocycles. The fraction of sp³-hybridized carbons (Fsp3) is 0.182. The highest BCUT2D eigenvalue weighted by atomic mass is 32.1. The number of hydrogen-bond donors (Lipinski definition) is 1. The van der Waals surface area contributed by atoms with Crippen molar-refractivity contribution in [2.75, 3.05) is 12.3 Å². The van der Waals surface area contributed by atoms with E-state index in [4.69, 9.17) is 5.73 Å². The number of carbonyl (C=O) groups is 1. The van der Waals surface area contributed by atoms with Gasteiger partial charge in [-0.15, -0.1) is 16.4 Å². The van der Waals surface area contributed by atoms with E-state index in [1.807, 2.05) is 0 Å². The minimum Gasteiger partial charge on any atom is -0.375 e. The molecule has 3 heterocycles. The second kappa shape index (κ2) is 8.12. The number of rotatable bonds is 4. The summed E-state index contributed by atoms with van der Waals surface area (Å²) in [6.07, 6.45) is 0.707. The Balaban J connectivity index is 1.45. The summed E-state index contributed by atoms with van der Waals surface area (Å²) in [4.78, 5) is 24.8. The monoisotopic (exact) mass is 452 g/mol. The van der Waals surface area contributed by atoms with E-state index in [0.717, 1.165) is 10.6 Å². The van der Waals surface area contributed by atoms with Crippen molar-refractivity contribution in [1.29, 1.82) is 0 Å². The van der Waals surface area contributed by atoms with Crippen molar-refractivity contribution in [3.63, 3.8) is 0 Å². The van der Waals surface area contributed by atoms with E-state index in [1.165, 1.54) is 40.3 Å². The summed E-state index contributed by atoms with van der Waals surface area (Å²) in [6, 6.07) is 11.6. The number of halogens is 2. The van der Waals surface area contributed by atoms with E-state index in [0.29, 0.717) is 47.4 Å². The lowest BCUT2D eigenvalue weighted by Crippen LogP contribution is -2.38. The van der Waals surface area contributed by atoms with Crippen LogP contribution < -0.4 is 5.73 Å². The van der Waals surface area contributed by atoms with Gasteiger partial charge in [0.2, 0.25) is 5.91 Å². The number of nitrogens with zero attached hydrogens (tertiary/aromatic N) is 5. The predicted octanol–water partition coefficient (Wildman–Crippen LogP) is 3.51. The van der Waals surface area contributed by atoms with Gasteiger partial charge in [0.25, 0.3) is 0 Å². The van der Waals surface area contributed by atoms with Crippen molar-refractivity contribution in [1.82, 2.24) is 24.6 Å². The number of fused-ring (bicyclic) bond motifs is 1. The standard InChI is InChI=1S/C22H18F2N6OS/c23-15-5-1-13(2-6-15)20-27-21(14-3-7-16(24)8-4-14)30(28-20)12-19(31)29-10-9-18-17(11-29)26-22(25)32-18/h1-8H,9-12H2,(H2,25,26). The van der Waals surface area contributed by atoms with E-state index in [2.05, 4.69) is 15.1 Å². The molecule has 2 aromatic heterocycles. The molecule has 1 amide bonds. The molecule has 1 aliphatic rings. The Kier molecular flexibility index (Phi) is 5.14. The molecule has 32 heavy (non-hydrogen) atoms. The van der Waals surface area contributed by atoms with Crippen LogP contribution in [0.25, 0.3) is 22.8 Å². The number of nitrogen functional groups attached to an aromatic ring is 1. The molecular weight excluding hydrogens is 434 g/mol. The average molecular weight is 452 g/mol. The molecule has 5 rings (SSSR count). The molecule has 7 nitrogen and oxygen atoms in total. The topological polar surface area (TPSA) is 89.9 Å². The number of anilines is 1. The van der Waals surface area contributed by atoms with Gasteiger partial charge in [-0.2, -0.15) is 0 Å². The van der Waals surface area contributed by atoms with Gasteiger partial charge in [-0.25, -0.2) is 23.4 Å². The first-order valence-corrected chi connectivity index (χ1v) is 10.8. The third kappa shape index (κ3) is 3.96. The van der Waals surface area contributed by atoms with Crippen molar-refractivity contribution in [3.05, 3.63) is 70.7 Å². The van der Waals surface area contributed by atoms with Crippen LogP contribution >= 0.6 is 11.3 Å². The Morgan fingerprint density at radius 1 is 1.00 bits per heavy atom. The molecule has 0 atom stereocenters. The molecule has 162 valence electrons. The highest BCUT2D eigenvalue weighted by Gasteiger charge is 2.25. The van der Waals surface area contributed by atoms with Crippen molar-refractivity contribution >= 4 is 22.4 Å². The van der Waals surface area contributed by atoms with Gasteiger partial charge in [-0.05, 0) is 48.5 Å². The number of carbonyl (C=O) groups excluding carboxylic acids is 1. The minimum atomic E-state index is -0.374. The SMILES string of the molecule is Nc1nc2c(s1)CCN(C(=O)Cn1nc(-c3ccc(F)cc3)nc1-c1ccc(F)cc1)C2. The van der Waals surface area contributed by atoms with Gasteiger partial charge in [0.15, 0.2) is 16.8 Å². The number of nitrogens with two attached hydrogens (primary N) is 1. The van der Waals surface area contributed by atoms with Crippen LogP contribution in [0.5, 0.6) is 0 Å². The Morgan fingerprint density at radius 3 is 2.34 bits per heavy atom. The Bertz CT molecular complexity index is 1280. The van der Waals surface area contributed by atoms with Crippen molar-refractivity contribution in [2.24, 2.45) is 0 Å². The first kappa shape index (κ1) is 20.3. The summed E-state index contributed by atoms with van der Waals surface area (Å²) in [5.41, 5.74) is 7.86. The summed E-state index contributed by atoms with van der Waals surface area (Å²) in [7, 11) is 0. The zero-order valence-corrected chi connectivity index (χ0v) is 17.6. The van der Waals surface area contributed by atoms with Gasteiger partial charge in [0, 0.05) is 29.0 Å². The van der Waals surface area contributed by atoms with Crippen molar-refractivity contribution < 1.29 is 13.6 Å². The summed E-state index contributed by atoms with van der Waals surface area (Å²) in [6.45, 7) is 0.919. The van der Waals surface area contributed by atoms with Gasteiger partial charge in [-0.3, -0.25) is 4.79 Å². The normalized spacial score (nSPS) is 13.2. The lowest BCUT2D eigenvalue weighted by atomic mass is 10.2. The highest BCUT2D eigenvalue weighted by Crippen LogP contribution is 2.27. The second-order valence-corrected chi connectivity index (χ2v) is 8.53. The third-order valence-electron chi connectivity index (χ3n) is 5.26. The number of thiazole rings is 1. The largest absolute Gasteiger partial charge is 0.375 e. The third-order valence-corrected chi connectivity index (χ3v) is 6.25. The molecule has 2 N–H and O–H groups in total. The van der Waals surface area contributed by atoms with Crippen LogP contribution in [0.4, 0.5) is 13.9 Å². The molecule has 10 heteroatoms. The summed E-state index contributed by atoms with van der Waals surface area (Å²) in [5, 5.41) is 5.00. The fourth-order valence-corrected chi connectivity index (χ4v) is 4.48. The Morgan fingerprint density at radius 2 is 1.66 bits per heavy atom. The molecule has 0 spiro atoms. The van der Waals surface area contributed by atoms with Gasteiger partial charge in [0.05, 0.1) is 12.2 Å². The van der Waals surface area contributed by atoms with Crippen LogP contribution in [0.3, 0.4) is 0 Å². The van der Waals surface area contributed by atoms with Crippen LogP contribution in [0.15, 0.2) is 48.5 Å². The average Bonchev–Trinajstić information content (AvgIpc) is 3.36. The van der Waals surface area contributed by atoms with Gasteiger partial charge >= 0.3 is 0 Å².